The number of nitrogens with two attached hydrogens (primary N) is 1. The molecule has 0 aromatic carbocycles. The van der Waals surface area contributed by atoms with Crippen molar-refractivity contribution in [3.8, 4) is 0 Å². The van der Waals surface area contributed by atoms with Gasteiger partial charge in [-0.25, -0.2) is 0 Å². The first-order chi connectivity index (χ1) is 9.71. The van der Waals surface area contributed by atoms with E-state index in [0.717, 1.165) is 38.7 Å². The third-order valence-electron chi connectivity index (χ3n) is 5.01. The first kappa shape index (κ1) is 14.3. The highest BCUT2D eigenvalue weighted by Crippen LogP contribution is 2.40. The number of rotatable bonds is 7. The van der Waals surface area contributed by atoms with E-state index in [1.165, 1.54) is 12.8 Å². The molecule has 3 unspecified atom stereocenters. The summed E-state index contributed by atoms with van der Waals surface area (Å²) >= 11 is 0. The number of hydrogen-bond donors (Lipinski definition) is 2. The molecule has 0 bridgehead atoms. The van der Waals surface area contributed by atoms with Gasteiger partial charge in [0.15, 0.2) is 0 Å². The highest BCUT2D eigenvalue weighted by Gasteiger charge is 2.49. The summed E-state index contributed by atoms with van der Waals surface area (Å²) < 4.78 is 11.2. The van der Waals surface area contributed by atoms with E-state index in [4.69, 9.17) is 15.2 Å². The maximum atomic E-state index is 12.0. The van der Waals surface area contributed by atoms with Crippen LogP contribution in [0.15, 0.2) is 0 Å². The molecule has 3 rings (SSSR count). The molecule has 5 heteroatoms. The molecule has 0 radical (unpaired) electrons. The normalized spacial score (nSPS) is 37.4. The van der Waals surface area contributed by atoms with Gasteiger partial charge >= 0.3 is 0 Å². The Kier molecular flexibility index (Phi) is 4.29. The lowest BCUT2D eigenvalue weighted by molar-refractivity contribution is -0.126. The predicted octanol–water partition coefficient (Wildman–Crippen LogP) is 0.958. The molecule has 0 aromatic rings. The van der Waals surface area contributed by atoms with E-state index >= 15 is 0 Å². The van der Waals surface area contributed by atoms with Crippen LogP contribution in [0, 0.1) is 5.92 Å². The average molecular weight is 282 g/mol. The predicted molar refractivity (Wildman–Crippen MR) is 75.2 cm³/mol. The molecule has 3 aliphatic rings. The van der Waals surface area contributed by atoms with Crippen molar-refractivity contribution < 1.29 is 14.3 Å². The van der Waals surface area contributed by atoms with Crippen molar-refractivity contribution in [3.63, 3.8) is 0 Å². The van der Waals surface area contributed by atoms with Crippen LogP contribution in [-0.2, 0) is 14.3 Å². The minimum absolute atomic E-state index is 0.170. The van der Waals surface area contributed by atoms with Gasteiger partial charge in [0.05, 0.1) is 12.7 Å². The molecule has 0 spiro atoms. The SMILES string of the molecule is NC(=O)C1(NC2CC2)CCCC1CCOC1CCOC1. The number of amides is 1. The van der Waals surface area contributed by atoms with Crippen LogP contribution in [0.5, 0.6) is 0 Å². The lowest BCUT2D eigenvalue weighted by atomic mass is 9.84. The Morgan fingerprint density at radius 3 is 2.85 bits per heavy atom. The molecule has 1 aliphatic heterocycles. The van der Waals surface area contributed by atoms with Crippen LogP contribution >= 0.6 is 0 Å². The minimum atomic E-state index is -0.475. The molecule has 3 atom stereocenters. The Labute approximate surface area is 120 Å². The number of carbonyl (C=O) groups excluding carboxylic acids is 1. The van der Waals surface area contributed by atoms with Gasteiger partial charge in [-0.15, -0.1) is 0 Å². The Bertz CT molecular complexity index is 353. The second kappa shape index (κ2) is 6.00. The summed E-state index contributed by atoms with van der Waals surface area (Å²) in [6.07, 6.45) is 7.56. The summed E-state index contributed by atoms with van der Waals surface area (Å²) in [7, 11) is 0. The third kappa shape index (κ3) is 3.00. The van der Waals surface area contributed by atoms with Crippen LogP contribution in [0.25, 0.3) is 0 Å². The number of nitrogens with one attached hydrogen (secondary N) is 1. The summed E-state index contributed by atoms with van der Waals surface area (Å²) in [5, 5.41) is 3.54. The van der Waals surface area contributed by atoms with Gasteiger partial charge in [0, 0.05) is 19.3 Å². The van der Waals surface area contributed by atoms with E-state index in [0.29, 0.717) is 25.2 Å². The average Bonchev–Trinajstić information content (AvgIpc) is 2.91. The van der Waals surface area contributed by atoms with Crippen LogP contribution in [0.2, 0.25) is 0 Å². The Hall–Kier alpha value is -0.650. The summed E-state index contributed by atoms with van der Waals surface area (Å²) in [5.41, 5.74) is 5.26. The zero-order valence-electron chi connectivity index (χ0n) is 12.1. The number of carbonyl (C=O) groups is 1. The smallest absolute Gasteiger partial charge is 0.238 e. The first-order valence-corrected chi connectivity index (χ1v) is 7.97. The van der Waals surface area contributed by atoms with Crippen LogP contribution in [-0.4, -0.2) is 43.4 Å². The molecule has 0 aromatic heterocycles. The summed E-state index contributed by atoms with van der Waals surface area (Å²) in [6.45, 7) is 2.23. The van der Waals surface area contributed by atoms with Gasteiger partial charge in [-0.05, 0) is 44.4 Å². The molecule has 5 nitrogen and oxygen atoms in total. The van der Waals surface area contributed by atoms with E-state index in [1.54, 1.807) is 0 Å². The highest BCUT2D eigenvalue weighted by molar-refractivity contribution is 5.85. The van der Waals surface area contributed by atoms with E-state index in [-0.39, 0.29) is 12.0 Å². The number of primary amides is 1. The standard InChI is InChI=1S/C15H26N2O3/c16-14(18)15(17-12-3-4-12)7-1-2-11(15)5-9-20-13-6-8-19-10-13/h11-13,17H,1-10H2,(H2,16,18). The second-order valence-corrected chi connectivity index (χ2v) is 6.49. The summed E-state index contributed by atoms with van der Waals surface area (Å²) in [5.74, 6) is 0.152. The number of hydrogen-bond acceptors (Lipinski definition) is 4. The van der Waals surface area contributed by atoms with Gasteiger partial charge in [-0.3, -0.25) is 4.79 Å². The highest BCUT2D eigenvalue weighted by atomic mass is 16.5. The Morgan fingerprint density at radius 1 is 1.35 bits per heavy atom. The van der Waals surface area contributed by atoms with E-state index in [9.17, 15) is 4.79 Å². The molecule has 20 heavy (non-hydrogen) atoms. The maximum absolute atomic E-state index is 12.0. The zero-order chi connectivity index (χ0) is 14.0. The minimum Gasteiger partial charge on any atom is -0.379 e. The van der Waals surface area contributed by atoms with Crippen molar-refractivity contribution in [2.75, 3.05) is 19.8 Å². The topological polar surface area (TPSA) is 73.6 Å². The number of ether oxygens (including phenoxy) is 2. The molecular weight excluding hydrogens is 256 g/mol. The Morgan fingerprint density at radius 2 is 2.20 bits per heavy atom. The van der Waals surface area contributed by atoms with Crippen molar-refractivity contribution >= 4 is 5.91 Å². The molecule has 1 heterocycles. The first-order valence-electron chi connectivity index (χ1n) is 7.97. The van der Waals surface area contributed by atoms with E-state index in [1.807, 2.05) is 0 Å². The molecule has 1 saturated heterocycles. The monoisotopic (exact) mass is 282 g/mol. The van der Waals surface area contributed by atoms with Crippen molar-refractivity contribution in [2.24, 2.45) is 11.7 Å². The fourth-order valence-corrected chi connectivity index (χ4v) is 3.67. The molecule has 3 N–H and O–H groups in total. The summed E-state index contributed by atoms with van der Waals surface area (Å²) in [4.78, 5) is 12.0. The summed E-state index contributed by atoms with van der Waals surface area (Å²) in [6, 6.07) is 0.507. The molecule has 2 aliphatic carbocycles. The van der Waals surface area contributed by atoms with Crippen molar-refractivity contribution in [3.05, 3.63) is 0 Å². The van der Waals surface area contributed by atoms with Crippen LogP contribution in [0.3, 0.4) is 0 Å². The van der Waals surface area contributed by atoms with Crippen molar-refractivity contribution in [1.29, 1.82) is 0 Å². The van der Waals surface area contributed by atoms with Gasteiger partial charge in [-0.2, -0.15) is 0 Å². The molecule has 2 saturated carbocycles. The second-order valence-electron chi connectivity index (χ2n) is 6.49. The van der Waals surface area contributed by atoms with Crippen molar-refractivity contribution in [2.45, 2.75) is 62.6 Å². The lowest BCUT2D eigenvalue weighted by Gasteiger charge is -2.34. The van der Waals surface area contributed by atoms with Gasteiger partial charge in [0.25, 0.3) is 0 Å². The Balaban J connectivity index is 1.53. The van der Waals surface area contributed by atoms with Gasteiger partial charge in [0.1, 0.15) is 5.54 Å². The van der Waals surface area contributed by atoms with Crippen molar-refractivity contribution in [1.82, 2.24) is 5.32 Å². The van der Waals surface area contributed by atoms with E-state index < -0.39 is 5.54 Å². The largest absolute Gasteiger partial charge is 0.379 e. The van der Waals surface area contributed by atoms with Crippen LogP contribution < -0.4 is 11.1 Å². The zero-order valence-corrected chi connectivity index (χ0v) is 12.1. The van der Waals surface area contributed by atoms with Gasteiger partial charge < -0.3 is 20.5 Å². The molecule has 1 amide bonds. The van der Waals surface area contributed by atoms with Crippen LogP contribution in [0.4, 0.5) is 0 Å². The lowest BCUT2D eigenvalue weighted by Crippen LogP contribution is -2.58. The van der Waals surface area contributed by atoms with E-state index in [2.05, 4.69) is 5.32 Å². The van der Waals surface area contributed by atoms with Crippen LogP contribution in [0.1, 0.15) is 44.9 Å². The maximum Gasteiger partial charge on any atom is 0.238 e. The molecule has 3 fully saturated rings. The fraction of sp³-hybridized carbons (Fsp3) is 0.933. The molecule has 114 valence electrons. The van der Waals surface area contributed by atoms with Gasteiger partial charge in [-0.1, -0.05) is 6.42 Å². The third-order valence-corrected chi connectivity index (χ3v) is 5.01. The van der Waals surface area contributed by atoms with Gasteiger partial charge in [0.2, 0.25) is 5.91 Å². The molecular formula is C15H26N2O3. The quantitative estimate of drug-likeness (QED) is 0.729. The fourth-order valence-electron chi connectivity index (χ4n) is 3.67.